The van der Waals surface area contributed by atoms with Gasteiger partial charge < -0.3 is 9.67 Å². The Labute approximate surface area is 132 Å². The molecule has 1 N–H and O–H groups in total. The average Bonchev–Trinajstić information content (AvgIpc) is 2.78. The summed E-state index contributed by atoms with van der Waals surface area (Å²) < 4.78 is 2.21. The Hall–Kier alpha value is -0.970. The van der Waals surface area contributed by atoms with Gasteiger partial charge in [0.25, 0.3) is 0 Å². The minimum absolute atomic E-state index is 0.0659. The molecule has 0 amide bonds. The molecule has 0 radical (unpaired) electrons. The maximum absolute atomic E-state index is 10.8. The van der Waals surface area contributed by atoms with E-state index in [1.54, 1.807) is 0 Å². The van der Waals surface area contributed by atoms with Crippen molar-refractivity contribution in [1.29, 1.82) is 0 Å². The molecule has 1 rings (SSSR count). The van der Waals surface area contributed by atoms with Crippen LogP contribution in [0.5, 0.6) is 0 Å². The van der Waals surface area contributed by atoms with Crippen molar-refractivity contribution in [3.05, 3.63) is 11.9 Å². The molecule has 0 aliphatic heterocycles. The Morgan fingerprint density at radius 3 is 2.67 bits per heavy atom. The number of hydrogen-bond acceptors (Lipinski definition) is 3. The highest BCUT2D eigenvalue weighted by Crippen LogP contribution is 2.29. The lowest BCUT2D eigenvalue weighted by Gasteiger charge is -2.27. The number of aromatic nitrogens is 2. The molecule has 0 aliphatic carbocycles. The minimum atomic E-state index is -0.796. The van der Waals surface area contributed by atoms with Gasteiger partial charge in [-0.3, -0.25) is 4.79 Å². The van der Waals surface area contributed by atoms with Gasteiger partial charge in [-0.2, -0.15) is 0 Å². The third kappa shape index (κ3) is 6.12. The second-order valence-electron chi connectivity index (χ2n) is 6.28. The van der Waals surface area contributed by atoms with Gasteiger partial charge in [-0.15, -0.1) is 0 Å². The van der Waals surface area contributed by atoms with Crippen molar-refractivity contribution < 1.29 is 9.90 Å². The molecule has 0 fully saturated rings. The van der Waals surface area contributed by atoms with Gasteiger partial charge in [0, 0.05) is 18.4 Å². The zero-order valence-electron chi connectivity index (χ0n) is 13.7. The van der Waals surface area contributed by atoms with Crippen LogP contribution in [0.1, 0.15) is 59.1 Å². The first-order valence-electron chi connectivity index (χ1n) is 7.78. The van der Waals surface area contributed by atoms with E-state index in [4.69, 9.17) is 5.11 Å². The van der Waals surface area contributed by atoms with Crippen LogP contribution in [0.3, 0.4) is 0 Å². The number of carboxylic acid groups (broad SMARTS) is 1. The summed E-state index contributed by atoms with van der Waals surface area (Å²) in [6, 6.07) is 0. The molecule has 21 heavy (non-hydrogen) atoms. The topological polar surface area (TPSA) is 55.1 Å². The van der Waals surface area contributed by atoms with Crippen LogP contribution in [-0.4, -0.2) is 26.4 Å². The number of rotatable bonds is 10. The number of aryl methyl sites for hydroxylation is 1. The van der Waals surface area contributed by atoms with Crippen LogP contribution >= 0.6 is 11.8 Å². The monoisotopic (exact) mass is 312 g/mol. The molecule has 0 aromatic carbocycles. The molecule has 5 heteroatoms. The molecule has 0 aliphatic rings. The number of carbonyl (C=O) groups is 1. The molecule has 0 saturated heterocycles. The molecule has 1 aromatic rings. The number of aliphatic carboxylic acids is 1. The first-order valence-corrected chi connectivity index (χ1v) is 8.77. The second-order valence-corrected chi connectivity index (χ2v) is 7.22. The number of hydrogen-bond donors (Lipinski definition) is 1. The van der Waals surface area contributed by atoms with Crippen LogP contribution in [0.15, 0.2) is 11.4 Å². The molecule has 0 saturated carbocycles. The summed E-state index contributed by atoms with van der Waals surface area (Å²) >= 11 is 1.31. The van der Waals surface area contributed by atoms with E-state index in [0.717, 1.165) is 18.1 Å². The molecule has 0 atom stereocenters. The lowest BCUT2D eigenvalue weighted by atomic mass is 9.86. The highest BCUT2D eigenvalue weighted by molar-refractivity contribution is 7.99. The van der Waals surface area contributed by atoms with Gasteiger partial charge in [0.05, 0.1) is 5.75 Å². The summed E-state index contributed by atoms with van der Waals surface area (Å²) in [5, 5.41) is 9.68. The first-order chi connectivity index (χ1) is 9.89. The van der Waals surface area contributed by atoms with Gasteiger partial charge >= 0.3 is 5.97 Å². The molecule has 0 unspecified atom stereocenters. The van der Waals surface area contributed by atoms with Crippen LogP contribution in [0.25, 0.3) is 0 Å². The maximum atomic E-state index is 10.8. The Bertz CT molecular complexity index is 455. The van der Waals surface area contributed by atoms with Crippen molar-refractivity contribution in [3.8, 4) is 0 Å². The van der Waals surface area contributed by atoms with Gasteiger partial charge in [0.1, 0.15) is 0 Å². The second kappa shape index (κ2) is 8.47. The zero-order chi connectivity index (χ0) is 15.9. The summed E-state index contributed by atoms with van der Waals surface area (Å²) in [7, 11) is 0. The van der Waals surface area contributed by atoms with Crippen LogP contribution in [0, 0.1) is 5.41 Å². The van der Waals surface area contributed by atoms with Gasteiger partial charge in [-0.25, -0.2) is 4.98 Å². The van der Waals surface area contributed by atoms with E-state index in [2.05, 4.69) is 37.2 Å². The molecule has 1 heterocycles. The largest absolute Gasteiger partial charge is 0.481 e. The van der Waals surface area contributed by atoms with Gasteiger partial charge in [-0.1, -0.05) is 58.7 Å². The van der Waals surface area contributed by atoms with E-state index in [0.29, 0.717) is 0 Å². The SMILES string of the molecule is CCCCCC(C)(C)Cn1c(CC)cnc1SCC(=O)O. The Balaban J connectivity index is 2.78. The number of unbranched alkanes of at least 4 members (excludes halogenated alkanes) is 2. The third-order valence-electron chi connectivity index (χ3n) is 3.63. The molecule has 0 bridgehead atoms. The van der Waals surface area contributed by atoms with E-state index in [1.807, 2.05) is 6.20 Å². The van der Waals surface area contributed by atoms with Crippen LogP contribution in [0.4, 0.5) is 0 Å². The number of imidazole rings is 1. The summed E-state index contributed by atoms with van der Waals surface area (Å²) in [6.45, 7) is 9.81. The van der Waals surface area contributed by atoms with E-state index in [9.17, 15) is 4.79 Å². The van der Waals surface area contributed by atoms with E-state index < -0.39 is 5.97 Å². The highest BCUT2D eigenvalue weighted by Gasteiger charge is 2.22. The first kappa shape index (κ1) is 18.1. The Kier molecular flexibility index (Phi) is 7.29. The van der Waals surface area contributed by atoms with E-state index >= 15 is 0 Å². The van der Waals surface area contributed by atoms with E-state index in [1.165, 1.54) is 43.1 Å². The van der Waals surface area contributed by atoms with Crippen LogP contribution in [-0.2, 0) is 17.8 Å². The lowest BCUT2D eigenvalue weighted by Crippen LogP contribution is -2.21. The molecule has 0 spiro atoms. The quantitative estimate of drug-likeness (QED) is 0.519. The Morgan fingerprint density at radius 1 is 1.38 bits per heavy atom. The molecular formula is C16H28N2O2S. The predicted octanol–water partition coefficient (Wildman–Crippen LogP) is 4.23. The third-order valence-corrected chi connectivity index (χ3v) is 4.61. The summed E-state index contributed by atoms with van der Waals surface area (Å²) in [6.07, 6.45) is 7.75. The summed E-state index contributed by atoms with van der Waals surface area (Å²) in [5.74, 6) is -0.731. The molecule has 4 nitrogen and oxygen atoms in total. The van der Waals surface area contributed by atoms with Gasteiger partial charge in [0.2, 0.25) is 0 Å². The summed E-state index contributed by atoms with van der Waals surface area (Å²) in [5.41, 5.74) is 1.39. The van der Waals surface area contributed by atoms with Crippen molar-refractivity contribution in [1.82, 2.24) is 9.55 Å². The van der Waals surface area contributed by atoms with Crippen molar-refractivity contribution in [2.24, 2.45) is 5.41 Å². The fraction of sp³-hybridized carbons (Fsp3) is 0.750. The maximum Gasteiger partial charge on any atom is 0.313 e. The minimum Gasteiger partial charge on any atom is -0.481 e. The highest BCUT2D eigenvalue weighted by atomic mass is 32.2. The van der Waals surface area contributed by atoms with Gasteiger partial charge in [0.15, 0.2) is 5.16 Å². The van der Waals surface area contributed by atoms with Crippen molar-refractivity contribution in [3.63, 3.8) is 0 Å². The molecule has 120 valence electrons. The van der Waals surface area contributed by atoms with Crippen molar-refractivity contribution in [2.45, 2.75) is 71.5 Å². The fourth-order valence-corrected chi connectivity index (χ4v) is 3.16. The van der Waals surface area contributed by atoms with Crippen LogP contribution < -0.4 is 0 Å². The number of thioether (sulfide) groups is 1. The Morgan fingerprint density at radius 2 is 2.10 bits per heavy atom. The lowest BCUT2D eigenvalue weighted by molar-refractivity contribution is -0.133. The van der Waals surface area contributed by atoms with Crippen molar-refractivity contribution in [2.75, 3.05) is 5.75 Å². The van der Waals surface area contributed by atoms with E-state index in [-0.39, 0.29) is 11.2 Å². The standard InChI is InChI=1S/C16H28N2O2S/c1-5-7-8-9-16(3,4)12-18-13(6-2)10-17-15(18)21-11-14(19)20/h10H,5-9,11-12H2,1-4H3,(H,19,20). The molecular weight excluding hydrogens is 284 g/mol. The zero-order valence-corrected chi connectivity index (χ0v) is 14.5. The molecule has 1 aromatic heterocycles. The van der Waals surface area contributed by atoms with Crippen LogP contribution in [0.2, 0.25) is 0 Å². The normalized spacial score (nSPS) is 11.8. The van der Waals surface area contributed by atoms with Gasteiger partial charge in [-0.05, 0) is 18.3 Å². The number of carboxylic acids is 1. The van der Waals surface area contributed by atoms with Crippen molar-refractivity contribution >= 4 is 17.7 Å². The summed E-state index contributed by atoms with van der Waals surface area (Å²) in [4.78, 5) is 15.2. The predicted molar refractivity (Wildman–Crippen MR) is 87.9 cm³/mol. The average molecular weight is 312 g/mol. The number of nitrogens with zero attached hydrogens (tertiary/aromatic N) is 2. The fourth-order valence-electron chi connectivity index (χ4n) is 2.45. The smallest absolute Gasteiger partial charge is 0.313 e.